The van der Waals surface area contributed by atoms with Crippen LogP contribution in [0.3, 0.4) is 0 Å². The molecule has 30 heavy (non-hydrogen) atoms. The van der Waals surface area contributed by atoms with Gasteiger partial charge in [-0.25, -0.2) is 4.98 Å². The number of piperidine rings is 1. The molecule has 1 aromatic carbocycles. The third-order valence-corrected chi connectivity index (χ3v) is 6.02. The van der Waals surface area contributed by atoms with Crippen LogP contribution in [0.5, 0.6) is 0 Å². The van der Waals surface area contributed by atoms with E-state index in [4.69, 9.17) is 9.72 Å². The predicted molar refractivity (Wildman–Crippen MR) is 117 cm³/mol. The van der Waals surface area contributed by atoms with E-state index in [1.807, 2.05) is 30.3 Å². The van der Waals surface area contributed by atoms with E-state index in [2.05, 4.69) is 22.3 Å². The molecule has 2 N–H and O–H groups in total. The first kappa shape index (κ1) is 20.8. The quantitative estimate of drug-likeness (QED) is 0.693. The van der Waals surface area contributed by atoms with Gasteiger partial charge in [0.05, 0.1) is 24.8 Å². The molecule has 0 amide bonds. The average molecular weight is 410 g/mol. The number of carboxylic acid groups (broad SMARTS) is 1. The van der Waals surface area contributed by atoms with E-state index in [1.54, 1.807) is 0 Å². The Morgan fingerprint density at radius 3 is 2.93 bits per heavy atom. The number of nitrogens with zero attached hydrogens (tertiary/aromatic N) is 2. The number of hydrogen-bond acceptors (Lipinski definition) is 5. The minimum Gasteiger partial charge on any atom is -0.481 e. The van der Waals surface area contributed by atoms with Crippen molar-refractivity contribution in [1.29, 1.82) is 0 Å². The monoisotopic (exact) mass is 409 g/mol. The molecule has 0 saturated carbocycles. The summed E-state index contributed by atoms with van der Waals surface area (Å²) in [6, 6.07) is 14.2. The second kappa shape index (κ2) is 10.0. The Hall–Kier alpha value is -2.44. The Morgan fingerprint density at radius 2 is 2.10 bits per heavy atom. The van der Waals surface area contributed by atoms with E-state index in [-0.39, 0.29) is 18.4 Å². The SMILES string of the molecule is O=C(O)CC(CO[C@@H]1CCCN(Cc2ccc3c(n2)NCCC3)C1)c1ccccc1. The number of fused-ring (bicyclic) bond motifs is 1. The molecule has 4 rings (SSSR count). The summed E-state index contributed by atoms with van der Waals surface area (Å²) >= 11 is 0. The highest BCUT2D eigenvalue weighted by Crippen LogP contribution is 2.24. The highest BCUT2D eigenvalue weighted by molar-refractivity contribution is 5.68. The topological polar surface area (TPSA) is 74.7 Å². The van der Waals surface area contributed by atoms with Gasteiger partial charge < -0.3 is 15.2 Å². The van der Waals surface area contributed by atoms with E-state index < -0.39 is 5.97 Å². The maximum absolute atomic E-state index is 11.3. The van der Waals surface area contributed by atoms with Gasteiger partial charge >= 0.3 is 5.97 Å². The molecule has 6 heteroatoms. The van der Waals surface area contributed by atoms with E-state index in [0.29, 0.717) is 6.61 Å². The molecule has 2 aliphatic heterocycles. The summed E-state index contributed by atoms with van der Waals surface area (Å²) in [7, 11) is 0. The van der Waals surface area contributed by atoms with Crippen LogP contribution in [0.2, 0.25) is 0 Å². The van der Waals surface area contributed by atoms with Crippen molar-refractivity contribution >= 4 is 11.8 Å². The van der Waals surface area contributed by atoms with Crippen LogP contribution in [0, 0.1) is 0 Å². The van der Waals surface area contributed by atoms with Gasteiger partial charge in [0.25, 0.3) is 0 Å². The van der Waals surface area contributed by atoms with Gasteiger partial charge in [-0.05, 0) is 49.4 Å². The average Bonchev–Trinajstić information content (AvgIpc) is 2.77. The van der Waals surface area contributed by atoms with Gasteiger partial charge in [-0.15, -0.1) is 0 Å². The first-order valence-electron chi connectivity index (χ1n) is 11.0. The minimum atomic E-state index is -0.787. The molecule has 1 aromatic heterocycles. The first-order chi connectivity index (χ1) is 14.7. The second-order valence-electron chi connectivity index (χ2n) is 8.38. The third kappa shape index (κ3) is 5.58. The molecule has 6 nitrogen and oxygen atoms in total. The molecular weight excluding hydrogens is 378 g/mol. The molecule has 1 unspecified atom stereocenters. The number of aromatic nitrogens is 1. The van der Waals surface area contributed by atoms with Crippen molar-refractivity contribution in [3.63, 3.8) is 0 Å². The highest BCUT2D eigenvalue weighted by atomic mass is 16.5. The number of likely N-dealkylation sites (tertiary alicyclic amines) is 1. The number of nitrogens with one attached hydrogen (secondary N) is 1. The van der Waals surface area contributed by atoms with E-state index in [9.17, 15) is 9.90 Å². The fourth-order valence-electron chi connectivity index (χ4n) is 4.44. The Morgan fingerprint density at radius 1 is 1.23 bits per heavy atom. The van der Waals surface area contributed by atoms with Gasteiger partial charge in [0.1, 0.15) is 5.82 Å². The van der Waals surface area contributed by atoms with Gasteiger partial charge in [0, 0.05) is 25.6 Å². The largest absolute Gasteiger partial charge is 0.481 e. The summed E-state index contributed by atoms with van der Waals surface area (Å²) in [5, 5.41) is 12.7. The molecule has 0 spiro atoms. The fraction of sp³-hybridized carbons (Fsp3) is 0.500. The molecule has 0 aliphatic carbocycles. The summed E-state index contributed by atoms with van der Waals surface area (Å²) in [6.07, 6.45) is 4.60. The lowest BCUT2D eigenvalue weighted by atomic mass is 9.96. The zero-order valence-electron chi connectivity index (χ0n) is 17.4. The van der Waals surface area contributed by atoms with E-state index >= 15 is 0 Å². The fourth-order valence-corrected chi connectivity index (χ4v) is 4.44. The van der Waals surface area contributed by atoms with Crippen LogP contribution < -0.4 is 5.32 Å². The van der Waals surface area contributed by atoms with Crippen molar-refractivity contribution in [2.45, 2.75) is 50.7 Å². The summed E-state index contributed by atoms with van der Waals surface area (Å²) in [4.78, 5) is 18.5. The number of aryl methyl sites for hydroxylation is 1. The van der Waals surface area contributed by atoms with Crippen LogP contribution in [-0.4, -0.2) is 53.3 Å². The van der Waals surface area contributed by atoms with Gasteiger partial charge in [-0.3, -0.25) is 9.69 Å². The number of hydrogen-bond donors (Lipinski definition) is 2. The number of aliphatic carboxylic acids is 1. The van der Waals surface area contributed by atoms with Gasteiger partial charge in [0.15, 0.2) is 0 Å². The predicted octanol–water partition coefficient (Wildman–Crippen LogP) is 3.68. The molecule has 2 aromatic rings. The number of carbonyl (C=O) groups is 1. The standard InChI is InChI=1S/C24H31N3O3/c28-23(29)14-20(18-6-2-1-3-7-18)17-30-22-9-5-13-27(16-22)15-21-11-10-19-8-4-12-25-24(19)26-21/h1-3,6-7,10-11,20,22H,4-5,8-9,12-17H2,(H,25,26)(H,28,29)/t20?,22-/m1/s1. The molecule has 0 radical (unpaired) electrons. The number of ether oxygens (including phenoxy) is 1. The molecule has 1 saturated heterocycles. The molecule has 0 bridgehead atoms. The minimum absolute atomic E-state index is 0.0898. The maximum Gasteiger partial charge on any atom is 0.304 e. The first-order valence-corrected chi connectivity index (χ1v) is 11.0. The van der Waals surface area contributed by atoms with Crippen molar-refractivity contribution in [1.82, 2.24) is 9.88 Å². The van der Waals surface area contributed by atoms with Gasteiger partial charge in [0.2, 0.25) is 0 Å². The maximum atomic E-state index is 11.3. The number of pyridine rings is 1. The van der Waals surface area contributed by atoms with Crippen molar-refractivity contribution in [2.75, 3.05) is 31.6 Å². The van der Waals surface area contributed by atoms with Crippen LogP contribution in [0.25, 0.3) is 0 Å². The number of carboxylic acids is 1. The van der Waals surface area contributed by atoms with Crippen molar-refractivity contribution in [2.24, 2.45) is 0 Å². The Bertz CT molecular complexity index is 843. The van der Waals surface area contributed by atoms with Crippen LogP contribution in [0.4, 0.5) is 5.82 Å². The van der Waals surface area contributed by atoms with Crippen LogP contribution >= 0.6 is 0 Å². The Labute approximate surface area is 178 Å². The summed E-state index contributed by atoms with van der Waals surface area (Å²) < 4.78 is 6.22. The number of rotatable bonds is 8. The molecular formula is C24H31N3O3. The lowest BCUT2D eigenvalue weighted by Crippen LogP contribution is -2.40. The van der Waals surface area contributed by atoms with Crippen LogP contribution in [-0.2, 0) is 22.5 Å². The lowest BCUT2D eigenvalue weighted by Gasteiger charge is -2.33. The van der Waals surface area contributed by atoms with Crippen molar-refractivity contribution < 1.29 is 14.6 Å². The molecule has 160 valence electrons. The Balaban J connectivity index is 1.32. The highest BCUT2D eigenvalue weighted by Gasteiger charge is 2.24. The molecule has 2 atom stereocenters. The summed E-state index contributed by atoms with van der Waals surface area (Å²) in [5.41, 5.74) is 3.44. The van der Waals surface area contributed by atoms with Gasteiger partial charge in [-0.2, -0.15) is 0 Å². The van der Waals surface area contributed by atoms with Crippen molar-refractivity contribution in [3.05, 3.63) is 59.3 Å². The number of benzene rings is 1. The van der Waals surface area contributed by atoms with E-state index in [1.165, 1.54) is 12.0 Å². The summed E-state index contributed by atoms with van der Waals surface area (Å²) in [6.45, 7) is 4.17. The molecule has 2 aliphatic rings. The van der Waals surface area contributed by atoms with Crippen molar-refractivity contribution in [3.8, 4) is 0 Å². The summed E-state index contributed by atoms with van der Waals surface area (Å²) in [5.74, 6) is 0.139. The van der Waals surface area contributed by atoms with Gasteiger partial charge in [-0.1, -0.05) is 36.4 Å². The molecule has 3 heterocycles. The molecule has 1 fully saturated rings. The van der Waals surface area contributed by atoms with Crippen LogP contribution in [0.1, 0.15) is 48.4 Å². The van der Waals surface area contributed by atoms with E-state index in [0.717, 1.165) is 62.5 Å². The smallest absolute Gasteiger partial charge is 0.304 e. The second-order valence-corrected chi connectivity index (χ2v) is 8.38. The third-order valence-electron chi connectivity index (χ3n) is 6.02. The zero-order valence-corrected chi connectivity index (χ0v) is 17.4. The Kier molecular flexibility index (Phi) is 6.97. The van der Waals surface area contributed by atoms with Crippen LogP contribution in [0.15, 0.2) is 42.5 Å². The zero-order chi connectivity index (χ0) is 20.8. The normalized spacial score (nSPS) is 20.2. The lowest BCUT2D eigenvalue weighted by molar-refractivity contribution is -0.138. The number of anilines is 1.